The molecule has 0 bridgehead atoms. The zero-order valence-corrected chi connectivity index (χ0v) is 12.9. The Balaban J connectivity index is 1.58. The average molecular weight is 290 g/mol. The van der Waals surface area contributed by atoms with Crippen LogP contribution in [-0.4, -0.2) is 30.4 Å². The van der Waals surface area contributed by atoms with Gasteiger partial charge in [0.05, 0.1) is 6.54 Å². The molecule has 3 rings (SSSR count). The number of aliphatic imine (C=N–C) groups is 1. The predicted molar refractivity (Wildman–Crippen MR) is 94.1 cm³/mol. The standard InChI is InChI=1S/C20H22N2/c1-17(19-12-6-3-7-13-19)20-21-14-16-22(20)15-8-11-18-9-4-2-5-10-18/h2-7,9-10,12-13H,1,8,11,14-16H2. The molecule has 0 fully saturated rings. The Bertz CT molecular complexity index is 644. The van der Waals surface area contributed by atoms with Crippen LogP contribution in [0.3, 0.4) is 0 Å². The number of amidine groups is 1. The molecule has 0 radical (unpaired) electrons. The highest BCUT2D eigenvalue weighted by Crippen LogP contribution is 2.19. The molecule has 2 aromatic carbocycles. The molecule has 0 spiro atoms. The minimum absolute atomic E-state index is 0.881. The lowest BCUT2D eigenvalue weighted by Gasteiger charge is -2.21. The molecule has 0 amide bonds. The summed E-state index contributed by atoms with van der Waals surface area (Å²) in [6, 6.07) is 21.0. The maximum Gasteiger partial charge on any atom is 0.131 e. The zero-order valence-electron chi connectivity index (χ0n) is 12.9. The van der Waals surface area contributed by atoms with Gasteiger partial charge in [-0.3, -0.25) is 4.99 Å². The van der Waals surface area contributed by atoms with Crippen LogP contribution < -0.4 is 0 Å². The van der Waals surface area contributed by atoms with E-state index in [0.717, 1.165) is 49.4 Å². The first-order chi connectivity index (χ1) is 10.8. The van der Waals surface area contributed by atoms with Crippen molar-refractivity contribution in [1.29, 1.82) is 0 Å². The summed E-state index contributed by atoms with van der Waals surface area (Å²) >= 11 is 0. The Morgan fingerprint density at radius 1 is 1.00 bits per heavy atom. The number of hydrogen-bond donors (Lipinski definition) is 0. The molecule has 1 aliphatic rings. The molecule has 2 heteroatoms. The minimum Gasteiger partial charge on any atom is -0.355 e. The van der Waals surface area contributed by atoms with Crippen LogP contribution >= 0.6 is 0 Å². The van der Waals surface area contributed by atoms with Gasteiger partial charge in [0.2, 0.25) is 0 Å². The Labute approximate surface area is 132 Å². The van der Waals surface area contributed by atoms with E-state index < -0.39 is 0 Å². The van der Waals surface area contributed by atoms with Crippen molar-refractivity contribution in [2.45, 2.75) is 12.8 Å². The lowest BCUT2D eigenvalue weighted by atomic mass is 10.1. The van der Waals surface area contributed by atoms with Crippen LogP contribution in [0.5, 0.6) is 0 Å². The van der Waals surface area contributed by atoms with Crippen LogP contribution in [0.1, 0.15) is 17.5 Å². The highest BCUT2D eigenvalue weighted by molar-refractivity contribution is 6.22. The molecule has 0 N–H and O–H groups in total. The molecule has 2 aromatic rings. The molecule has 22 heavy (non-hydrogen) atoms. The maximum absolute atomic E-state index is 4.66. The van der Waals surface area contributed by atoms with E-state index in [9.17, 15) is 0 Å². The molecule has 0 saturated carbocycles. The van der Waals surface area contributed by atoms with E-state index in [1.165, 1.54) is 5.56 Å². The second kappa shape index (κ2) is 7.08. The van der Waals surface area contributed by atoms with Crippen LogP contribution in [0.2, 0.25) is 0 Å². The first kappa shape index (κ1) is 14.6. The normalized spacial score (nSPS) is 14.0. The van der Waals surface area contributed by atoms with E-state index >= 15 is 0 Å². The van der Waals surface area contributed by atoms with Gasteiger partial charge in [-0.1, -0.05) is 67.2 Å². The van der Waals surface area contributed by atoms with E-state index in [1.807, 2.05) is 6.07 Å². The number of nitrogens with zero attached hydrogens (tertiary/aromatic N) is 2. The monoisotopic (exact) mass is 290 g/mol. The van der Waals surface area contributed by atoms with Crippen molar-refractivity contribution in [3.05, 3.63) is 78.4 Å². The van der Waals surface area contributed by atoms with E-state index in [-0.39, 0.29) is 0 Å². The summed E-state index contributed by atoms with van der Waals surface area (Å²) in [5, 5.41) is 0. The van der Waals surface area contributed by atoms with Gasteiger partial charge in [0.25, 0.3) is 0 Å². The van der Waals surface area contributed by atoms with Gasteiger partial charge in [-0.05, 0) is 24.0 Å². The lowest BCUT2D eigenvalue weighted by molar-refractivity contribution is 0.448. The van der Waals surface area contributed by atoms with Gasteiger partial charge < -0.3 is 4.90 Å². The number of aryl methyl sites for hydroxylation is 1. The molecule has 2 nitrogen and oxygen atoms in total. The Kier molecular flexibility index (Phi) is 4.69. The summed E-state index contributed by atoms with van der Waals surface area (Å²) in [5.41, 5.74) is 3.61. The average Bonchev–Trinajstić information content (AvgIpc) is 3.04. The fourth-order valence-corrected chi connectivity index (χ4v) is 2.87. The summed E-state index contributed by atoms with van der Waals surface area (Å²) in [7, 11) is 0. The summed E-state index contributed by atoms with van der Waals surface area (Å²) in [6.45, 7) is 7.18. The fourth-order valence-electron chi connectivity index (χ4n) is 2.87. The molecule has 112 valence electrons. The van der Waals surface area contributed by atoms with E-state index in [0.29, 0.717) is 0 Å². The van der Waals surface area contributed by atoms with Crippen molar-refractivity contribution in [1.82, 2.24) is 4.90 Å². The van der Waals surface area contributed by atoms with E-state index in [4.69, 9.17) is 0 Å². The van der Waals surface area contributed by atoms with Crippen molar-refractivity contribution in [2.24, 2.45) is 4.99 Å². The first-order valence-corrected chi connectivity index (χ1v) is 7.92. The number of rotatable bonds is 6. The first-order valence-electron chi connectivity index (χ1n) is 7.92. The molecule has 0 saturated heterocycles. The minimum atomic E-state index is 0.881. The van der Waals surface area contributed by atoms with Crippen molar-refractivity contribution in [2.75, 3.05) is 19.6 Å². The van der Waals surface area contributed by atoms with Crippen molar-refractivity contribution < 1.29 is 0 Å². The Morgan fingerprint density at radius 2 is 1.68 bits per heavy atom. The van der Waals surface area contributed by atoms with E-state index in [1.54, 1.807) is 0 Å². The number of benzene rings is 2. The van der Waals surface area contributed by atoms with Crippen LogP contribution in [0.15, 0.2) is 72.2 Å². The van der Waals surface area contributed by atoms with E-state index in [2.05, 4.69) is 71.1 Å². The molecule has 0 unspecified atom stereocenters. The molecule has 1 heterocycles. The smallest absolute Gasteiger partial charge is 0.131 e. The molecule has 1 aliphatic heterocycles. The van der Waals surface area contributed by atoms with Crippen molar-refractivity contribution in [3.63, 3.8) is 0 Å². The highest BCUT2D eigenvalue weighted by Gasteiger charge is 2.19. The summed E-state index contributed by atoms with van der Waals surface area (Å²) in [4.78, 5) is 7.04. The fraction of sp³-hybridized carbons (Fsp3) is 0.250. The molecule has 0 aromatic heterocycles. The largest absolute Gasteiger partial charge is 0.355 e. The molecular formula is C20H22N2. The quantitative estimate of drug-likeness (QED) is 0.783. The van der Waals surface area contributed by atoms with Gasteiger partial charge in [0.15, 0.2) is 0 Å². The number of hydrogen-bond acceptors (Lipinski definition) is 2. The predicted octanol–water partition coefficient (Wildman–Crippen LogP) is 4.05. The second-order valence-corrected chi connectivity index (χ2v) is 5.63. The third-order valence-corrected chi connectivity index (χ3v) is 4.06. The SMILES string of the molecule is C=C(C1=NCCN1CCCc1ccccc1)c1ccccc1. The van der Waals surface area contributed by atoms with Gasteiger partial charge in [-0.25, -0.2) is 0 Å². The van der Waals surface area contributed by atoms with Crippen molar-refractivity contribution >= 4 is 11.4 Å². The van der Waals surface area contributed by atoms with Gasteiger partial charge in [-0.2, -0.15) is 0 Å². The molecule has 0 aliphatic carbocycles. The van der Waals surface area contributed by atoms with Gasteiger partial charge in [-0.15, -0.1) is 0 Å². The van der Waals surface area contributed by atoms with Crippen LogP contribution in [0.25, 0.3) is 5.57 Å². The second-order valence-electron chi connectivity index (χ2n) is 5.63. The summed E-state index contributed by atoms with van der Waals surface area (Å²) in [5.74, 6) is 1.07. The molecule has 0 atom stereocenters. The van der Waals surface area contributed by atoms with Crippen LogP contribution in [0, 0.1) is 0 Å². The summed E-state index contributed by atoms with van der Waals surface area (Å²) < 4.78 is 0. The topological polar surface area (TPSA) is 15.6 Å². The van der Waals surface area contributed by atoms with Gasteiger partial charge >= 0.3 is 0 Å². The van der Waals surface area contributed by atoms with Gasteiger partial charge in [0.1, 0.15) is 5.84 Å². The van der Waals surface area contributed by atoms with Crippen molar-refractivity contribution in [3.8, 4) is 0 Å². The third kappa shape index (κ3) is 3.45. The molecular weight excluding hydrogens is 268 g/mol. The summed E-state index contributed by atoms with van der Waals surface area (Å²) in [6.07, 6.45) is 2.26. The van der Waals surface area contributed by atoms with Gasteiger partial charge in [0, 0.05) is 18.7 Å². The maximum atomic E-state index is 4.66. The lowest BCUT2D eigenvalue weighted by Crippen LogP contribution is -2.29. The van der Waals surface area contributed by atoms with Crippen LogP contribution in [-0.2, 0) is 6.42 Å². The third-order valence-electron chi connectivity index (χ3n) is 4.06. The highest BCUT2D eigenvalue weighted by atomic mass is 15.2. The zero-order chi connectivity index (χ0) is 15.2. The van der Waals surface area contributed by atoms with Crippen LogP contribution in [0.4, 0.5) is 0 Å². The Hall–Kier alpha value is -2.35. The Morgan fingerprint density at radius 3 is 2.41 bits per heavy atom.